The molecule has 100 valence electrons. The van der Waals surface area contributed by atoms with Crippen LogP contribution in [-0.2, 0) is 10.0 Å². The second-order valence-corrected chi connectivity index (χ2v) is 7.47. The summed E-state index contributed by atoms with van der Waals surface area (Å²) in [6.45, 7) is 4.07. The fraction of sp³-hybridized carbons (Fsp3) is 0.455. The summed E-state index contributed by atoms with van der Waals surface area (Å²) in [5.74, 6) is 1.07. The van der Waals surface area contributed by atoms with Crippen LogP contribution in [0.25, 0.3) is 0 Å². The van der Waals surface area contributed by atoms with Crippen molar-refractivity contribution >= 4 is 33.2 Å². The molecule has 1 fully saturated rings. The molecule has 1 aliphatic heterocycles. The number of anilines is 2. The Hall–Kier alpha value is -0.920. The minimum Gasteiger partial charge on any atom is -0.398 e. The number of sulfonamides is 1. The van der Waals surface area contributed by atoms with Crippen molar-refractivity contribution in [2.24, 2.45) is 5.14 Å². The first-order valence-electron chi connectivity index (χ1n) is 5.67. The Kier molecular flexibility index (Phi) is 3.74. The van der Waals surface area contributed by atoms with Crippen LogP contribution in [0.5, 0.6) is 0 Å². The van der Waals surface area contributed by atoms with E-state index in [1.807, 2.05) is 11.8 Å². The molecule has 0 aliphatic carbocycles. The Bertz CT molecular complexity index is 545. The van der Waals surface area contributed by atoms with E-state index in [0.29, 0.717) is 5.25 Å². The van der Waals surface area contributed by atoms with Crippen LogP contribution in [0, 0.1) is 0 Å². The van der Waals surface area contributed by atoms with E-state index in [1.54, 1.807) is 12.1 Å². The normalized spacial score (nSPS) is 21.0. The number of hydrogen-bond donors (Lipinski definition) is 2. The molecule has 1 aromatic carbocycles. The molecule has 1 aromatic rings. The van der Waals surface area contributed by atoms with Crippen LogP contribution in [0.4, 0.5) is 11.4 Å². The molecular formula is C11H17N3O2S2. The molecule has 4 N–H and O–H groups in total. The first kappa shape index (κ1) is 13.5. The number of thioether (sulfide) groups is 1. The van der Waals surface area contributed by atoms with Crippen molar-refractivity contribution in [1.29, 1.82) is 0 Å². The third kappa shape index (κ3) is 2.90. The minimum absolute atomic E-state index is 0.00863. The second kappa shape index (κ2) is 4.99. The molecule has 0 amide bonds. The van der Waals surface area contributed by atoms with Gasteiger partial charge in [0.05, 0.1) is 5.69 Å². The lowest BCUT2D eigenvalue weighted by Crippen LogP contribution is -2.36. The summed E-state index contributed by atoms with van der Waals surface area (Å²) in [5.41, 5.74) is 6.92. The van der Waals surface area contributed by atoms with Crippen LogP contribution < -0.4 is 15.8 Å². The molecule has 1 heterocycles. The van der Waals surface area contributed by atoms with E-state index < -0.39 is 10.0 Å². The molecule has 1 saturated heterocycles. The smallest absolute Gasteiger partial charge is 0.240 e. The molecule has 1 unspecified atom stereocenters. The number of hydrogen-bond acceptors (Lipinski definition) is 5. The number of nitrogen functional groups attached to an aromatic ring is 1. The highest BCUT2D eigenvalue weighted by Crippen LogP contribution is 2.27. The molecule has 18 heavy (non-hydrogen) atoms. The molecule has 0 bridgehead atoms. The van der Waals surface area contributed by atoms with Gasteiger partial charge in [-0.15, -0.1) is 0 Å². The summed E-state index contributed by atoms with van der Waals surface area (Å²) in [6, 6.07) is 4.92. The van der Waals surface area contributed by atoms with E-state index in [9.17, 15) is 8.42 Å². The summed E-state index contributed by atoms with van der Waals surface area (Å²) >= 11 is 1.94. The van der Waals surface area contributed by atoms with Gasteiger partial charge in [0.25, 0.3) is 0 Å². The van der Waals surface area contributed by atoms with Gasteiger partial charge in [-0.3, -0.25) is 0 Å². The quantitative estimate of drug-likeness (QED) is 0.787. The van der Waals surface area contributed by atoms with E-state index in [-0.39, 0.29) is 10.6 Å². The predicted molar refractivity (Wildman–Crippen MR) is 76.4 cm³/mol. The fourth-order valence-electron chi connectivity index (χ4n) is 2.04. The van der Waals surface area contributed by atoms with E-state index >= 15 is 0 Å². The van der Waals surface area contributed by atoms with Crippen molar-refractivity contribution in [3.8, 4) is 0 Å². The molecular weight excluding hydrogens is 270 g/mol. The lowest BCUT2D eigenvalue weighted by Gasteiger charge is -2.32. The minimum atomic E-state index is -3.74. The monoisotopic (exact) mass is 287 g/mol. The van der Waals surface area contributed by atoms with Gasteiger partial charge in [-0.05, 0) is 18.2 Å². The summed E-state index contributed by atoms with van der Waals surface area (Å²) in [7, 11) is -3.74. The van der Waals surface area contributed by atoms with E-state index in [2.05, 4.69) is 11.8 Å². The van der Waals surface area contributed by atoms with Crippen LogP contribution >= 0.6 is 11.8 Å². The van der Waals surface area contributed by atoms with Gasteiger partial charge >= 0.3 is 0 Å². The van der Waals surface area contributed by atoms with Crippen molar-refractivity contribution in [1.82, 2.24) is 0 Å². The van der Waals surface area contributed by atoms with Gasteiger partial charge < -0.3 is 10.6 Å². The largest absolute Gasteiger partial charge is 0.398 e. The molecule has 7 heteroatoms. The molecule has 2 rings (SSSR count). The van der Waals surface area contributed by atoms with Gasteiger partial charge in [0.1, 0.15) is 4.90 Å². The lowest BCUT2D eigenvalue weighted by molar-refractivity contribution is 0.598. The Balaban J connectivity index is 2.29. The average molecular weight is 287 g/mol. The number of rotatable bonds is 2. The summed E-state index contributed by atoms with van der Waals surface area (Å²) in [4.78, 5) is 2.20. The Morgan fingerprint density at radius 2 is 2.17 bits per heavy atom. The highest BCUT2D eigenvalue weighted by molar-refractivity contribution is 8.00. The summed E-state index contributed by atoms with van der Waals surface area (Å²) in [5, 5.41) is 5.65. The van der Waals surface area contributed by atoms with Crippen molar-refractivity contribution in [3.63, 3.8) is 0 Å². The topological polar surface area (TPSA) is 89.4 Å². The Morgan fingerprint density at radius 3 is 2.72 bits per heavy atom. The fourth-order valence-corrected chi connectivity index (χ4v) is 3.70. The molecule has 0 saturated carbocycles. The van der Waals surface area contributed by atoms with Gasteiger partial charge in [-0.1, -0.05) is 6.92 Å². The molecule has 1 atom stereocenters. The third-order valence-corrected chi connectivity index (χ3v) is 5.03. The third-order valence-electron chi connectivity index (χ3n) is 2.91. The molecule has 0 aromatic heterocycles. The number of benzene rings is 1. The van der Waals surface area contributed by atoms with Gasteiger partial charge in [-0.2, -0.15) is 11.8 Å². The van der Waals surface area contributed by atoms with E-state index in [0.717, 1.165) is 24.5 Å². The van der Waals surface area contributed by atoms with Gasteiger partial charge in [0.15, 0.2) is 0 Å². The lowest BCUT2D eigenvalue weighted by atomic mass is 10.2. The maximum atomic E-state index is 11.3. The van der Waals surface area contributed by atoms with Crippen molar-refractivity contribution in [2.75, 3.05) is 29.5 Å². The maximum Gasteiger partial charge on any atom is 0.240 e. The van der Waals surface area contributed by atoms with Crippen LogP contribution in [0.15, 0.2) is 23.1 Å². The standard InChI is InChI=1S/C11H17N3O2S2/c1-8-7-14(4-5-17-8)9-2-3-11(10(12)6-9)18(13,15)16/h2-3,6,8H,4-5,7,12H2,1H3,(H2,13,15,16). The number of nitrogens with two attached hydrogens (primary N) is 2. The number of primary sulfonamides is 1. The van der Waals surface area contributed by atoms with E-state index in [1.165, 1.54) is 6.07 Å². The van der Waals surface area contributed by atoms with E-state index in [4.69, 9.17) is 10.9 Å². The van der Waals surface area contributed by atoms with Crippen molar-refractivity contribution < 1.29 is 8.42 Å². The van der Waals surface area contributed by atoms with Crippen molar-refractivity contribution in [3.05, 3.63) is 18.2 Å². The second-order valence-electron chi connectivity index (χ2n) is 4.39. The molecule has 5 nitrogen and oxygen atoms in total. The predicted octanol–water partition coefficient (Wildman–Crippen LogP) is 0.858. The summed E-state index contributed by atoms with van der Waals surface area (Å²) < 4.78 is 22.5. The van der Waals surface area contributed by atoms with Crippen LogP contribution in [0.2, 0.25) is 0 Å². The first-order valence-corrected chi connectivity index (χ1v) is 8.26. The molecule has 0 spiro atoms. The Labute approximate surface area is 112 Å². The average Bonchev–Trinajstić information content (AvgIpc) is 2.27. The molecule has 0 radical (unpaired) electrons. The maximum absolute atomic E-state index is 11.3. The SMILES string of the molecule is CC1CN(c2ccc(S(N)(=O)=O)c(N)c2)CCS1. The zero-order valence-corrected chi connectivity index (χ0v) is 11.8. The van der Waals surface area contributed by atoms with Gasteiger partial charge in [-0.25, -0.2) is 13.6 Å². The van der Waals surface area contributed by atoms with Gasteiger partial charge in [0, 0.05) is 29.8 Å². The highest BCUT2D eigenvalue weighted by Gasteiger charge is 2.19. The highest BCUT2D eigenvalue weighted by atomic mass is 32.2. The van der Waals surface area contributed by atoms with Crippen molar-refractivity contribution in [2.45, 2.75) is 17.1 Å². The van der Waals surface area contributed by atoms with Crippen LogP contribution in [0.3, 0.4) is 0 Å². The van der Waals surface area contributed by atoms with Crippen LogP contribution in [-0.4, -0.2) is 32.5 Å². The van der Waals surface area contributed by atoms with Crippen LogP contribution in [0.1, 0.15) is 6.92 Å². The first-order chi connectivity index (χ1) is 8.38. The summed E-state index contributed by atoms with van der Waals surface area (Å²) in [6.07, 6.45) is 0. The Morgan fingerprint density at radius 1 is 1.44 bits per heavy atom. The number of nitrogens with zero attached hydrogens (tertiary/aromatic N) is 1. The zero-order chi connectivity index (χ0) is 13.3. The van der Waals surface area contributed by atoms with Gasteiger partial charge in [0.2, 0.25) is 10.0 Å². The zero-order valence-electron chi connectivity index (χ0n) is 10.2. The molecule has 1 aliphatic rings.